The van der Waals surface area contributed by atoms with Crippen molar-refractivity contribution >= 4 is 5.69 Å². The van der Waals surface area contributed by atoms with Crippen molar-refractivity contribution in [3.05, 3.63) is 24.3 Å². The highest BCUT2D eigenvalue weighted by atomic mass is 19.1. The summed E-state index contributed by atoms with van der Waals surface area (Å²) in [6, 6.07) is 7.94. The molecule has 0 atom stereocenters. The molecule has 3 nitrogen and oxygen atoms in total. The second-order valence-corrected chi connectivity index (χ2v) is 5.40. The van der Waals surface area contributed by atoms with Gasteiger partial charge in [0, 0.05) is 5.69 Å². The number of piperazine rings is 1. The SMILES string of the molecule is C[N+]1(C)CCN(c2ccc(OCCF)cc2)CC1. The summed E-state index contributed by atoms with van der Waals surface area (Å²) < 4.78 is 18.3. The van der Waals surface area contributed by atoms with E-state index in [0.29, 0.717) is 0 Å². The molecule has 1 aliphatic rings. The van der Waals surface area contributed by atoms with Crippen LogP contribution in [0.25, 0.3) is 0 Å². The van der Waals surface area contributed by atoms with Crippen molar-refractivity contribution in [1.82, 2.24) is 0 Å². The van der Waals surface area contributed by atoms with E-state index in [2.05, 4.69) is 31.1 Å². The molecule has 0 aromatic heterocycles. The van der Waals surface area contributed by atoms with Gasteiger partial charge < -0.3 is 14.1 Å². The summed E-state index contributed by atoms with van der Waals surface area (Å²) in [5.41, 5.74) is 1.22. The largest absolute Gasteiger partial charge is 0.491 e. The lowest BCUT2D eigenvalue weighted by Crippen LogP contribution is -2.54. The molecule has 2 rings (SSSR count). The maximum atomic E-state index is 12.0. The normalized spacial score (nSPS) is 18.7. The highest BCUT2D eigenvalue weighted by molar-refractivity contribution is 5.49. The Morgan fingerprint density at radius 3 is 2.33 bits per heavy atom. The smallest absolute Gasteiger partial charge is 0.123 e. The second kappa shape index (κ2) is 5.57. The minimum absolute atomic E-state index is 0.134. The van der Waals surface area contributed by atoms with E-state index in [1.807, 2.05) is 12.1 Å². The number of hydrogen-bond acceptors (Lipinski definition) is 2. The first kappa shape index (κ1) is 13.1. The Balaban J connectivity index is 1.94. The number of quaternary nitrogens is 1. The second-order valence-electron chi connectivity index (χ2n) is 5.40. The summed E-state index contributed by atoms with van der Waals surface area (Å²) in [7, 11) is 4.54. The fourth-order valence-corrected chi connectivity index (χ4v) is 2.17. The van der Waals surface area contributed by atoms with Gasteiger partial charge in [-0.3, -0.25) is 0 Å². The first-order valence-corrected chi connectivity index (χ1v) is 6.46. The average Bonchev–Trinajstić information content (AvgIpc) is 2.37. The maximum absolute atomic E-state index is 12.0. The molecule has 1 aromatic rings. The number of halogens is 1. The molecule has 0 unspecified atom stereocenters. The molecule has 4 heteroatoms. The molecule has 1 fully saturated rings. The van der Waals surface area contributed by atoms with Gasteiger partial charge >= 0.3 is 0 Å². The lowest BCUT2D eigenvalue weighted by atomic mass is 10.2. The predicted molar refractivity (Wildman–Crippen MR) is 72.0 cm³/mol. The number of benzene rings is 1. The summed E-state index contributed by atoms with van der Waals surface area (Å²) in [6.45, 7) is 4.19. The van der Waals surface area contributed by atoms with Gasteiger partial charge in [-0.1, -0.05) is 0 Å². The molecule has 0 saturated carbocycles. The minimum atomic E-state index is -0.444. The molecular weight excluding hydrogens is 231 g/mol. The number of likely N-dealkylation sites (N-methyl/N-ethyl adjacent to an activating group) is 1. The number of nitrogens with zero attached hydrogens (tertiary/aromatic N) is 2. The molecule has 1 aromatic carbocycles. The Labute approximate surface area is 108 Å². The fourth-order valence-electron chi connectivity index (χ4n) is 2.17. The van der Waals surface area contributed by atoms with E-state index in [1.54, 1.807) is 0 Å². The van der Waals surface area contributed by atoms with Gasteiger partial charge in [-0.15, -0.1) is 0 Å². The standard InChI is InChI=1S/C14H22FN2O/c1-17(2)10-8-16(9-11-17)13-3-5-14(6-4-13)18-12-7-15/h3-6H,7-12H2,1-2H3/q+1. The molecule has 1 heterocycles. The lowest BCUT2D eigenvalue weighted by molar-refractivity contribution is -0.890. The zero-order valence-corrected chi connectivity index (χ0v) is 11.2. The Hall–Kier alpha value is -1.29. The Kier molecular flexibility index (Phi) is 4.07. The van der Waals surface area contributed by atoms with E-state index in [4.69, 9.17) is 4.74 Å². The van der Waals surface area contributed by atoms with Crippen LogP contribution >= 0.6 is 0 Å². The van der Waals surface area contributed by atoms with Crippen LogP contribution in [0.3, 0.4) is 0 Å². The Morgan fingerprint density at radius 1 is 1.17 bits per heavy atom. The van der Waals surface area contributed by atoms with Crippen LogP contribution in [0.15, 0.2) is 24.3 Å². The van der Waals surface area contributed by atoms with Gasteiger partial charge in [0.1, 0.15) is 19.0 Å². The van der Waals surface area contributed by atoms with Crippen molar-refractivity contribution in [1.29, 1.82) is 0 Å². The molecule has 0 bridgehead atoms. The first-order valence-electron chi connectivity index (χ1n) is 6.46. The van der Waals surface area contributed by atoms with Crippen molar-refractivity contribution in [2.24, 2.45) is 0 Å². The first-order chi connectivity index (χ1) is 8.61. The third-order valence-electron chi connectivity index (χ3n) is 3.50. The van der Waals surface area contributed by atoms with Gasteiger partial charge in [-0.2, -0.15) is 0 Å². The van der Waals surface area contributed by atoms with Crippen molar-refractivity contribution in [3.63, 3.8) is 0 Å². The van der Waals surface area contributed by atoms with Gasteiger partial charge in [-0.05, 0) is 24.3 Å². The summed E-state index contributed by atoms with van der Waals surface area (Å²) in [4.78, 5) is 2.39. The molecule has 0 spiro atoms. The molecule has 1 aliphatic heterocycles. The van der Waals surface area contributed by atoms with Crippen LogP contribution in [-0.4, -0.2) is 58.0 Å². The summed E-state index contributed by atoms with van der Waals surface area (Å²) in [6.07, 6.45) is 0. The highest BCUT2D eigenvalue weighted by Crippen LogP contribution is 2.21. The molecule has 0 amide bonds. The third-order valence-corrected chi connectivity index (χ3v) is 3.50. The monoisotopic (exact) mass is 253 g/mol. The van der Waals surface area contributed by atoms with Crippen LogP contribution in [0.1, 0.15) is 0 Å². The van der Waals surface area contributed by atoms with Crippen molar-refractivity contribution in [2.45, 2.75) is 0 Å². The van der Waals surface area contributed by atoms with E-state index in [0.717, 1.165) is 23.3 Å². The van der Waals surface area contributed by atoms with Crippen molar-refractivity contribution < 1.29 is 13.6 Å². The zero-order valence-electron chi connectivity index (χ0n) is 11.2. The van der Waals surface area contributed by atoms with Crippen LogP contribution in [-0.2, 0) is 0 Å². The van der Waals surface area contributed by atoms with Crippen molar-refractivity contribution in [2.75, 3.05) is 58.5 Å². The van der Waals surface area contributed by atoms with Gasteiger partial charge in [0.05, 0.1) is 40.3 Å². The summed E-state index contributed by atoms with van der Waals surface area (Å²) in [5, 5.41) is 0. The van der Waals surface area contributed by atoms with Crippen LogP contribution in [0.2, 0.25) is 0 Å². The van der Waals surface area contributed by atoms with Gasteiger partial charge in [0.15, 0.2) is 0 Å². The summed E-state index contributed by atoms with van der Waals surface area (Å²) >= 11 is 0. The zero-order chi connectivity index (χ0) is 13.0. The molecular formula is C14H22FN2O+. The highest BCUT2D eigenvalue weighted by Gasteiger charge is 2.24. The van der Waals surface area contributed by atoms with Crippen molar-refractivity contribution in [3.8, 4) is 5.75 Å². The van der Waals surface area contributed by atoms with Gasteiger partial charge in [-0.25, -0.2) is 4.39 Å². The molecule has 1 saturated heterocycles. The maximum Gasteiger partial charge on any atom is 0.123 e. The minimum Gasteiger partial charge on any atom is -0.491 e. The fraction of sp³-hybridized carbons (Fsp3) is 0.571. The Bertz CT molecular complexity index is 368. The van der Waals surface area contributed by atoms with Crippen LogP contribution < -0.4 is 9.64 Å². The van der Waals surface area contributed by atoms with Crippen LogP contribution in [0.5, 0.6) is 5.75 Å². The number of ether oxygens (including phenoxy) is 1. The topological polar surface area (TPSA) is 12.5 Å². The van der Waals surface area contributed by atoms with Crippen LogP contribution in [0.4, 0.5) is 10.1 Å². The average molecular weight is 253 g/mol. The third kappa shape index (κ3) is 3.35. The Morgan fingerprint density at radius 2 is 1.78 bits per heavy atom. The molecule has 100 valence electrons. The number of rotatable bonds is 4. The number of hydrogen-bond donors (Lipinski definition) is 0. The predicted octanol–water partition coefficient (Wildman–Crippen LogP) is 1.93. The number of alkyl halides is 1. The van der Waals surface area contributed by atoms with E-state index >= 15 is 0 Å². The van der Waals surface area contributed by atoms with E-state index in [-0.39, 0.29) is 6.61 Å². The van der Waals surface area contributed by atoms with E-state index in [1.165, 1.54) is 18.8 Å². The number of anilines is 1. The molecule has 18 heavy (non-hydrogen) atoms. The van der Waals surface area contributed by atoms with Gasteiger partial charge in [0.2, 0.25) is 0 Å². The quantitative estimate of drug-likeness (QED) is 0.760. The summed E-state index contributed by atoms with van der Waals surface area (Å²) in [5.74, 6) is 0.740. The molecule has 0 aliphatic carbocycles. The van der Waals surface area contributed by atoms with Crippen LogP contribution in [0, 0.1) is 0 Å². The van der Waals surface area contributed by atoms with Gasteiger partial charge in [0.25, 0.3) is 0 Å². The van der Waals surface area contributed by atoms with E-state index < -0.39 is 6.67 Å². The molecule has 0 radical (unpaired) electrons. The molecule has 0 N–H and O–H groups in total. The lowest BCUT2D eigenvalue weighted by Gasteiger charge is -2.40. The van der Waals surface area contributed by atoms with E-state index in [9.17, 15) is 4.39 Å².